The number of halogens is 1. The normalized spacial score (nSPS) is 9.44. The Morgan fingerprint density at radius 1 is 1.56 bits per heavy atom. The van der Waals surface area contributed by atoms with Crippen LogP contribution in [0.25, 0.3) is 0 Å². The highest BCUT2D eigenvalue weighted by molar-refractivity contribution is 6.16. The summed E-state index contributed by atoms with van der Waals surface area (Å²) in [5, 5.41) is 8.75. The van der Waals surface area contributed by atoms with Crippen LogP contribution >= 0.6 is 11.6 Å². The lowest BCUT2D eigenvalue weighted by molar-refractivity contribution is 0.472. The molecule has 0 amide bonds. The molecule has 1 aromatic heterocycles. The fourth-order valence-electron chi connectivity index (χ4n) is 0.496. The van der Waals surface area contributed by atoms with Crippen molar-refractivity contribution in [3.8, 4) is 5.75 Å². The Labute approximate surface area is 58.1 Å². The van der Waals surface area contributed by atoms with Crippen LogP contribution in [0.2, 0.25) is 0 Å². The van der Waals surface area contributed by atoms with Crippen molar-refractivity contribution < 1.29 is 5.11 Å². The summed E-state index contributed by atoms with van der Waals surface area (Å²) in [6.07, 6.45) is 1.37. The fourth-order valence-corrected chi connectivity index (χ4v) is 0.654. The lowest BCUT2D eigenvalue weighted by Gasteiger charge is -1.91. The maximum Gasteiger partial charge on any atom is 0.133 e. The summed E-state index contributed by atoms with van der Waals surface area (Å²) < 4.78 is 0. The predicted molar refractivity (Wildman–Crippen MR) is 35.5 cm³/mol. The first-order valence-electron chi connectivity index (χ1n) is 2.53. The summed E-state index contributed by atoms with van der Waals surface area (Å²) in [7, 11) is 0. The van der Waals surface area contributed by atoms with E-state index in [1.807, 2.05) is 0 Å². The molecule has 0 spiro atoms. The maximum atomic E-state index is 8.75. The van der Waals surface area contributed by atoms with Crippen molar-refractivity contribution in [2.75, 3.05) is 0 Å². The van der Waals surface area contributed by atoms with E-state index in [2.05, 4.69) is 4.98 Å². The molecule has 1 N–H and O–H groups in total. The van der Waals surface area contributed by atoms with E-state index in [0.29, 0.717) is 5.88 Å². The number of aromatic hydroxyl groups is 1. The van der Waals surface area contributed by atoms with Crippen LogP contribution in [0.4, 0.5) is 0 Å². The van der Waals surface area contributed by atoms with Crippen LogP contribution in [0.1, 0.15) is 5.69 Å². The summed E-state index contributed by atoms with van der Waals surface area (Å²) in [4.78, 5) is 3.81. The van der Waals surface area contributed by atoms with E-state index >= 15 is 0 Å². The molecule has 0 fully saturated rings. The number of hydrogen-bond donors (Lipinski definition) is 1. The van der Waals surface area contributed by atoms with Crippen molar-refractivity contribution in [1.29, 1.82) is 0 Å². The van der Waals surface area contributed by atoms with E-state index < -0.39 is 0 Å². The largest absolute Gasteiger partial charge is 0.506 e. The van der Waals surface area contributed by atoms with Gasteiger partial charge in [-0.05, 0) is 12.1 Å². The lowest BCUT2D eigenvalue weighted by atomic mass is 10.4. The van der Waals surface area contributed by atoms with Gasteiger partial charge in [-0.15, -0.1) is 11.6 Å². The van der Waals surface area contributed by atoms with Crippen LogP contribution in [0, 0.1) is 0 Å². The first-order chi connectivity index (χ1) is 4.33. The van der Waals surface area contributed by atoms with E-state index in [0.717, 1.165) is 5.69 Å². The van der Waals surface area contributed by atoms with Crippen molar-refractivity contribution in [1.82, 2.24) is 4.98 Å². The average Bonchev–Trinajstić information content (AvgIpc) is 1.90. The summed E-state index contributed by atoms with van der Waals surface area (Å²) >= 11 is 5.44. The monoisotopic (exact) mass is 143 g/mol. The molecule has 0 saturated carbocycles. The molecule has 9 heavy (non-hydrogen) atoms. The van der Waals surface area contributed by atoms with E-state index in [9.17, 15) is 0 Å². The molecule has 1 heterocycles. The Bertz CT molecular complexity index is 185. The van der Waals surface area contributed by atoms with E-state index in [1.54, 1.807) is 12.1 Å². The molecule has 0 saturated heterocycles. The minimum Gasteiger partial charge on any atom is -0.506 e. The summed E-state index contributed by atoms with van der Waals surface area (Å²) in [6, 6.07) is 3.24. The highest BCUT2D eigenvalue weighted by Crippen LogP contribution is 2.06. The Balaban J connectivity index is 2.88. The molecule has 0 aliphatic carbocycles. The van der Waals surface area contributed by atoms with E-state index in [-0.39, 0.29) is 5.75 Å². The van der Waals surface area contributed by atoms with Crippen LogP contribution in [0.5, 0.6) is 5.75 Å². The van der Waals surface area contributed by atoms with Crippen LogP contribution < -0.4 is 0 Å². The topological polar surface area (TPSA) is 33.1 Å². The predicted octanol–water partition coefficient (Wildman–Crippen LogP) is 1.53. The van der Waals surface area contributed by atoms with E-state index in [4.69, 9.17) is 16.7 Å². The van der Waals surface area contributed by atoms with Crippen LogP contribution in [-0.4, -0.2) is 10.1 Å². The zero-order chi connectivity index (χ0) is 6.69. The smallest absolute Gasteiger partial charge is 0.133 e. The molecular formula is C6H6ClNO. The van der Waals surface area contributed by atoms with Gasteiger partial charge < -0.3 is 5.11 Å². The highest BCUT2D eigenvalue weighted by atomic mass is 35.5. The molecule has 1 aromatic rings. The highest BCUT2D eigenvalue weighted by Gasteiger charge is 1.89. The minimum atomic E-state index is 0.170. The van der Waals surface area contributed by atoms with Gasteiger partial charge in [-0.3, -0.25) is 4.98 Å². The molecule has 0 aliphatic rings. The molecular weight excluding hydrogens is 138 g/mol. The molecule has 0 aromatic carbocycles. The second-order valence-electron chi connectivity index (χ2n) is 1.64. The minimum absolute atomic E-state index is 0.170. The maximum absolute atomic E-state index is 8.75. The number of alkyl halides is 1. The Hall–Kier alpha value is -0.760. The molecule has 1 rings (SSSR count). The molecule has 0 unspecified atom stereocenters. The van der Waals surface area contributed by atoms with Gasteiger partial charge >= 0.3 is 0 Å². The number of pyridine rings is 1. The standard InChI is InChI=1S/C6H6ClNO/c7-3-5-1-2-6(9)4-8-5/h1-2,4,9H,3H2. The third kappa shape index (κ3) is 1.57. The Morgan fingerprint density at radius 3 is 2.78 bits per heavy atom. The van der Waals surface area contributed by atoms with Crippen molar-refractivity contribution in [3.63, 3.8) is 0 Å². The van der Waals surface area contributed by atoms with Crippen LogP contribution in [0.15, 0.2) is 18.3 Å². The van der Waals surface area contributed by atoms with Gasteiger partial charge in [-0.25, -0.2) is 0 Å². The second-order valence-corrected chi connectivity index (χ2v) is 1.91. The third-order valence-electron chi connectivity index (χ3n) is 0.946. The van der Waals surface area contributed by atoms with Crippen molar-refractivity contribution in [3.05, 3.63) is 24.0 Å². The Morgan fingerprint density at radius 2 is 2.33 bits per heavy atom. The SMILES string of the molecule is Oc1ccc(CCl)nc1. The molecule has 3 heteroatoms. The lowest BCUT2D eigenvalue weighted by Crippen LogP contribution is -1.80. The van der Waals surface area contributed by atoms with Crippen LogP contribution in [0.3, 0.4) is 0 Å². The molecule has 0 atom stereocenters. The first-order valence-corrected chi connectivity index (χ1v) is 3.06. The second kappa shape index (κ2) is 2.69. The third-order valence-corrected chi connectivity index (χ3v) is 1.22. The zero-order valence-electron chi connectivity index (χ0n) is 4.71. The van der Waals surface area contributed by atoms with E-state index in [1.165, 1.54) is 6.20 Å². The Kier molecular flexibility index (Phi) is 1.90. The van der Waals surface area contributed by atoms with Crippen molar-refractivity contribution in [2.24, 2.45) is 0 Å². The van der Waals surface area contributed by atoms with Gasteiger partial charge in [0.2, 0.25) is 0 Å². The molecule has 48 valence electrons. The zero-order valence-corrected chi connectivity index (χ0v) is 5.47. The van der Waals surface area contributed by atoms with Gasteiger partial charge in [0.1, 0.15) is 5.75 Å². The van der Waals surface area contributed by atoms with Crippen molar-refractivity contribution in [2.45, 2.75) is 5.88 Å². The average molecular weight is 144 g/mol. The number of hydrogen-bond acceptors (Lipinski definition) is 2. The van der Waals surface area contributed by atoms with Gasteiger partial charge in [-0.2, -0.15) is 0 Å². The van der Waals surface area contributed by atoms with Crippen molar-refractivity contribution >= 4 is 11.6 Å². The molecule has 0 bridgehead atoms. The van der Waals surface area contributed by atoms with Gasteiger partial charge in [0, 0.05) is 0 Å². The number of nitrogens with zero attached hydrogens (tertiary/aromatic N) is 1. The summed E-state index contributed by atoms with van der Waals surface area (Å²) in [5.74, 6) is 0.559. The summed E-state index contributed by atoms with van der Waals surface area (Å²) in [6.45, 7) is 0. The van der Waals surface area contributed by atoms with Gasteiger partial charge in [0.05, 0.1) is 17.8 Å². The number of rotatable bonds is 1. The summed E-state index contributed by atoms with van der Waals surface area (Å²) in [5.41, 5.74) is 0.773. The molecule has 2 nitrogen and oxygen atoms in total. The fraction of sp³-hybridized carbons (Fsp3) is 0.167. The first kappa shape index (κ1) is 6.36. The van der Waals surface area contributed by atoms with Gasteiger partial charge in [0.25, 0.3) is 0 Å². The van der Waals surface area contributed by atoms with Crippen LogP contribution in [-0.2, 0) is 5.88 Å². The number of aromatic nitrogens is 1. The van der Waals surface area contributed by atoms with Gasteiger partial charge in [-0.1, -0.05) is 0 Å². The molecule has 0 aliphatic heterocycles. The molecule has 0 radical (unpaired) electrons. The van der Waals surface area contributed by atoms with Gasteiger partial charge in [0.15, 0.2) is 0 Å². The quantitative estimate of drug-likeness (QED) is 0.605.